The second-order valence-corrected chi connectivity index (χ2v) is 5.99. The molecular formula is C17H9F3N2OS. The van der Waals surface area contributed by atoms with E-state index in [1.54, 1.807) is 12.1 Å². The van der Waals surface area contributed by atoms with E-state index in [-0.39, 0.29) is 16.8 Å². The van der Waals surface area contributed by atoms with Crippen molar-refractivity contribution in [1.29, 1.82) is 5.26 Å². The van der Waals surface area contributed by atoms with Gasteiger partial charge in [0.2, 0.25) is 0 Å². The zero-order chi connectivity index (χ0) is 17.3. The molecule has 7 heteroatoms. The molecule has 3 nitrogen and oxygen atoms in total. The van der Waals surface area contributed by atoms with Gasteiger partial charge in [-0.1, -0.05) is 12.1 Å². The third-order valence-corrected chi connectivity index (χ3v) is 4.32. The number of nitrogens with zero attached hydrogens (tertiary/aromatic N) is 2. The van der Waals surface area contributed by atoms with Crippen LogP contribution in [0.1, 0.15) is 16.1 Å². The molecule has 0 atom stereocenters. The number of hydrogen-bond donors (Lipinski definition) is 1. The largest absolute Gasteiger partial charge is 0.508 e. The van der Waals surface area contributed by atoms with Crippen LogP contribution >= 0.6 is 11.3 Å². The molecule has 0 spiro atoms. The molecule has 0 aliphatic heterocycles. The third kappa shape index (κ3) is 3.24. The number of allylic oxidation sites excluding steroid dienone is 1. The fraction of sp³-hybridized carbons (Fsp3) is 0.0588. The Hall–Kier alpha value is -2.85. The highest BCUT2D eigenvalue weighted by molar-refractivity contribution is 7.19. The number of phenolic OH excluding ortho intramolecular Hbond substituents is 1. The number of phenols is 1. The average Bonchev–Trinajstić information content (AvgIpc) is 2.94. The van der Waals surface area contributed by atoms with E-state index in [0.29, 0.717) is 15.3 Å². The second-order valence-electron chi connectivity index (χ2n) is 4.96. The standard InChI is InChI=1S/C17H9F3N2OS/c18-17(19,20)12-4-5-15-14(8-12)22-16(24-15)11(9-21)6-10-2-1-3-13(23)7-10/h1-8,23H/b11-6+. The van der Waals surface area contributed by atoms with Gasteiger partial charge in [0.25, 0.3) is 0 Å². The first-order valence-corrected chi connectivity index (χ1v) is 7.57. The molecule has 24 heavy (non-hydrogen) atoms. The molecule has 1 heterocycles. The molecule has 0 aliphatic carbocycles. The molecule has 2 aromatic carbocycles. The molecule has 120 valence electrons. The van der Waals surface area contributed by atoms with Gasteiger partial charge in [-0.3, -0.25) is 0 Å². The van der Waals surface area contributed by atoms with E-state index in [0.717, 1.165) is 23.5 Å². The van der Waals surface area contributed by atoms with Crippen LogP contribution in [0.4, 0.5) is 13.2 Å². The minimum atomic E-state index is -4.44. The Labute approximate surface area is 138 Å². The molecule has 0 aliphatic rings. The van der Waals surface area contributed by atoms with Crippen LogP contribution in [0.15, 0.2) is 42.5 Å². The van der Waals surface area contributed by atoms with Gasteiger partial charge in [0.1, 0.15) is 16.8 Å². The van der Waals surface area contributed by atoms with E-state index in [2.05, 4.69) is 4.98 Å². The van der Waals surface area contributed by atoms with E-state index in [9.17, 15) is 23.5 Å². The minimum absolute atomic E-state index is 0.0557. The van der Waals surface area contributed by atoms with Gasteiger partial charge in [-0.2, -0.15) is 18.4 Å². The van der Waals surface area contributed by atoms with Crippen LogP contribution in [0.25, 0.3) is 21.9 Å². The van der Waals surface area contributed by atoms with Gasteiger partial charge in [0, 0.05) is 0 Å². The highest BCUT2D eigenvalue weighted by atomic mass is 32.1. The summed E-state index contributed by atoms with van der Waals surface area (Å²) < 4.78 is 38.8. The Kier molecular flexibility index (Phi) is 3.99. The van der Waals surface area contributed by atoms with Gasteiger partial charge in [0.15, 0.2) is 0 Å². The van der Waals surface area contributed by atoms with Crippen LogP contribution in [0.5, 0.6) is 5.75 Å². The van der Waals surface area contributed by atoms with Crippen molar-refractivity contribution >= 4 is 33.2 Å². The quantitative estimate of drug-likeness (QED) is 0.658. The summed E-state index contributed by atoms with van der Waals surface area (Å²) in [5.41, 5.74) is 0.237. The average molecular weight is 346 g/mol. The van der Waals surface area contributed by atoms with Crippen LogP contribution in [0, 0.1) is 11.3 Å². The minimum Gasteiger partial charge on any atom is -0.508 e. The van der Waals surface area contributed by atoms with Crippen molar-refractivity contribution in [2.24, 2.45) is 0 Å². The van der Waals surface area contributed by atoms with Crippen molar-refractivity contribution in [3.05, 3.63) is 58.6 Å². The summed E-state index contributed by atoms with van der Waals surface area (Å²) >= 11 is 1.14. The maximum Gasteiger partial charge on any atom is 0.416 e. The zero-order valence-corrected chi connectivity index (χ0v) is 12.8. The predicted octanol–water partition coefficient (Wildman–Crippen LogP) is 5.08. The molecular weight excluding hydrogens is 337 g/mol. The van der Waals surface area contributed by atoms with Gasteiger partial charge >= 0.3 is 6.18 Å². The number of alkyl halides is 3. The first kappa shape index (κ1) is 16.0. The van der Waals surface area contributed by atoms with Crippen LogP contribution in [-0.2, 0) is 6.18 Å². The van der Waals surface area contributed by atoms with Crippen molar-refractivity contribution in [1.82, 2.24) is 4.98 Å². The number of aromatic hydroxyl groups is 1. The number of aromatic nitrogens is 1. The lowest BCUT2D eigenvalue weighted by Crippen LogP contribution is -2.03. The smallest absolute Gasteiger partial charge is 0.416 e. The van der Waals surface area contributed by atoms with Crippen LogP contribution < -0.4 is 0 Å². The van der Waals surface area contributed by atoms with Crippen molar-refractivity contribution < 1.29 is 18.3 Å². The van der Waals surface area contributed by atoms with Crippen molar-refractivity contribution in [2.75, 3.05) is 0 Å². The number of halogens is 3. The number of nitriles is 1. The number of hydrogen-bond acceptors (Lipinski definition) is 4. The summed E-state index contributed by atoms with van der Waals surface area (Å²) in [5.74, 6) is 0.0557. The number of thiazole rings is 1. The summed E-state index contributed by atoms with van der Waals surface area (Å²) in [7, 11) is 0. The third-order valence-electron chi connectivity index (χ3n) is 3.25. The molecule has 1 N–H and O–H groups in total. The number of rotatable bonds is 2. The van der Waals surface area contributed by atoms with E-state index in [1.807, 2.05) is 6.07 Å². The number of fused-ring (bicyclic) bond motifs is 1. The molecule has 0 amide bonds. The molecule has 1 aromatic heterocycles. The maximum absolute atomic E-state index is 12.8. The lowest BCUT2D eigenvalue weighted by Gasteiger charge is -2.04. The van der Waals surface area contributed by atoms with Crippen molar-refractivity contribution in [3.8, 4) is 11.8 Å². The Morgan fingerprint density at radius 3 is 2.67 bits per heavy atom. The van der Waals surface area contributed by atoms with E-state index >= 15 is 0 Å². The van der Waals surface area contributed by atoms with Gasteiger partial charge in [0.05, 0.1) is 21.4 Å². The molecule has 0 saturated carbocycles. The van der Waals surface area contributed by atoms with Gasteiger partial charge < -0.3 is 5.11 Å². The van der Waals surface area contributed by atoms with E-state index < -0.39 is 11.7 Å². The fourth-order valence-corrected chi connectivity index (χ4v) is 3.05. The molecule has 0 unspecified atom stereocenters. The van der Waals surface area contributed by atoms with E-state index in [4.69, 9.17) is 0 Å². The summed E-state index contributed by atoms with van der Waals surface area (Å²) in [6.45, 7) is 0. The topological polar surface area (TPSA) is 56.9 Å². The van der Waals surface area contributed by atoms with Gasteiger partial charge in [-0.15, -0.1) is 11.3 Å². The van der Waals surface area contributed by atoms with Crippen molar-refractivity contribution in [3.63, 3.8) is 0 Å². The normalized spacial score (nSPS) is 12.3. The summed E-state index contributed by atoms with van der Waals surface area (Å²) in [6, 6.07) is 11.6. The highest BCUT2D eigenvalue weighted by Crippen LogP contribution is 2.34. The molecule has 0 saturated heterocycles. The van der Waals surface area contributed by atoms with Gasteiger partial charge in [-0.05, 0) is 42.0 Å². The van der Waals surface area contributed by atoms with Crippen LogP contribution in [0.3, 0.4) is 0 Å². The SMILES string of the molecule is N#C/C(=C\c1cccc(O)c1)c1nc2cc(C(F)(F)F)ccc2s1. The Morgan fingerprint density at radius 1 is 1.21 bits per heavy atom. The highest BCUT2D eigenvalue weighted by Gasteiger charge is 2.30. The Balaban J connectivity index is 2.06. The Bertz CT molecular complexity index is 983. The lowest BCUT2D eigenvalue weighted by molar-refractivity contribution is -0.137. The zero-order valence-electron chi connectivity index (χ0n) is 12.0. The lowest BCUT2D eigenvalue weighted by atomic mass is 10.1. The summed E-state index contributed by atoms with van der Waals surface area (Å²) in [4.78, 5) is 4.14. The molecule has 0 fully saturated rings. The van der Waals surface area contributed by atoms with Gasteiger partial charge in [-0.25, -0.2) is 4.98 Å². The fourth-order valence-electron chi connectivity index (χ4n) is 2.14. The molecule has 3 aromatic rings. The van der Waals surface area contributed by atoms with Crippen LogP contribution in [-0.4, -0.2) is 10.1 Å². The monoisotopic (exact) mass is 346 g/mol. The summed E-state index contributed by atoms with van der Waals surface area (Å²) in [5, 5.41) is 19.1. The molecule has 3 rings (SSSR count). The first-order chi connectivity index (χ1) is 11.4. The molecule has 0 radical (unpaired) electrons. The van der Waals surface area contributed by atoms with Crippen LogP contribution in [0.2, 0.25) is 0 Å². The molecule has 0 bridgehead atoms. The first-order valence-electron chi connectivity index (χ1n) is 6.76. The maximum atomic E-state index is 12.8. The predicted molar refractivity (Wildman–Crippen MR) is 86.2 cm³/mol. The second kappa shape index (κ2) is 5.98. The summed E-state index contributed by atoms with van der Waals surface area (Å²) in [6.07, 6.45) is -2.91. The van der Waals surface area contributed by atoms with Crippen molar-refractivity contribution in [2.45, 2.75) is 6.18 Å². The Morgan fingerprint density at radius 2 is 2.00 bits per heavy atom. The van der Waals surface area contributed by atoms with E-state index in [1.165, 1.54) is 24.3 Å². The number of benzene rings is 2.